The number of hydrogen-bond donors (Lipinski definition) is 7. The average Bonchev–Trinajstić information content (AvgIpc) is 2.59. The Labute approximate surface area is 145 Å². The zero-order valence-corrected chi connectivity index (χ0v) is 14.2. The molecule has 0 aromatic rings. The number of nitrogens with one attached hydrogen (secondary N) is 3. The minimum atomic E-state index is -1.37. The number of aliphatic hydroxyl groups excluding tert-OH is 2. The molecule has 0 aliphatic heterocycles. The lowest BCUT2D eigenvalue weighted by Crippen LogP contribution is -2.59. The minimum absolute atomic E-state index is 0.323. The third kappa shape index (κ3) is 7.92. The predicted octanol–water partition coefficient (Wildman–Crippen LogP) is -3.49. The number of aliphatic hydroxyl groups is 2. The number of amides is 3. The van der Waals surface area contributed by atoms with Gasteiger partial charge >= 0.3 is 5.97 Å². The van der Waals surface area contributed by atoms with Gasteiger partial charge in [-0.15, -0.1) is 0 Å². The van der Waals surface area contributed by atoms with Gasteiger partial charge in [-0.1, -0.05) is 20.3 Å². The molecule has 3 amide bonds. The molecule has 8 N–H and O–H groups in total. The molecule has 0 radical (unpaired) electrons. The van der Waals surface area contributed by atoms with Crippen LogP contribution in [-0.2, 0) is 19.2 Å². The highest BCUT2D eigenvalue weighted by atomic mass is 16.4. The molecular formula is C14H26N4O7. The number of hydrogen-bond acceptors (Lipinski definition) is 7. The summed E-state index contributed by atoms with van der Waals surface area (Å²) in [5.41, 5.74) is 5.40. The number of rotatable bonds is 11. The molecule has 0 aromatic carbocycles. The molecule has 0 fully saturated rings. The molecule has 0 aliphatic rings. The smallest absolute Gasteiger partial charge is 0.322 e. The van der Waals surface area contributed by atoms with E-state index in [2.05, 4.69) is 10.6 Å². The van der Waals surface area contributed by atoms with Crippen molar-refractivity contribution in [2.75, 3.05) is 19.8 Å². The Balaban J connectivity index is 5.01. The van der Waals surface area contributed by atoms with Gasteiger partial charge in [-0.2, -0.15) is 0 Å². The summed E-state index contributed by atoms with van der Waals surface area (Å²) in [5.74, 6) is -3.95. The van der Waals surface area contributed by atoms with Crippen LogP contribution in [0.15, 0.2) is 0 Å². The molecule has 4 atom stereocenters. The van der Waals surface area contributed by atoms with Gasteiger partial charge in [0.1, 0.15) is 24.7 Å². The number of nitrogens with two attached hydrogens (primary N) is 1. The van der Waals surface area contributed by atoms with Gasteiger partial charge in [-0.3, -0.25) is 19.2 Å². The van der Waals surface area contributed by atoms with Gasteiger partial charge in [0.05, 0.1) is 13.2 Å². The number of carboxylic acid groups (broad SMARTS) is 1. The summed E-state index contributed by atoms with van der Waals surface area (Å²) in [6.45, 7) is 1.45. The second kappa shape index (κ2) is 11.3. The van der Waals surface area contributed by atoms with Gasteiger partial charge < -0.3 is 37.0 Å². The summed E-state index contributed by atoms with van der Waals surface area (Å²) in [6, 6.07) is -3.62. The van der Waals surface area contributed by atoms with Crippen LogP contribution in [-0.4, -0.2) is 76.9 Å². The van der Waals surface area contributed by atoms with E-state index >= 15 is 0 Å². The Morgan fingerprint density at radius 2 is 1.60 bits per heavy atom. The van der Waals surface area contributed by atoms with Crippen molar-refractivity contribution in [2.45, 2.75) is 38.4 Å². The number of carboxylic acids is 1. The second-order valence-corrected chi connectivity index (χ2v) is 5.52. The maximum absolute atomic E-state index is 12.4. The van der Waals surface area contributed by atoms with Gasteiger partial charge in [0.15, 0.2) is 0 Å². The summed E-state index contributed by atoms with van der Waals surface area (Å²) in [6.07, 6.45) is 0.516. The van der Waals surface area contributed by atoms with E-state index in [9.17, 15) is 24.3 Å². The fourth-order valence-corrected chi connectivity index (χ4v) is 1.79. The van der Waals surface area contributed by atoms with Crippen LogP contribution in [0.3, 0.4) is 0 Å². The highest BCUT2D eigenvalue weighted by Crippen LogP contribution is 2.08. The molecule has 11 nitrogen and oxygen atoms in total. The summed E-state index contributed by atoms with van der Waals surface area (Å²) < 4.78 is 0. The highest BCUT2D eigenvalue weighted by Gasteiger charge is 2.30. The summed E-state index contributed by atoms with van der Waals surface area (Å²) in [7, 11) is 0. The summed E-state index contributed by atoms with van der Waals surface area (Å²) in [5, 5.41) is 33.3. The lowest BCUT2D eigenvalue weighted by molar-refractivity contribution is -0.139. The van der Waals surface area contributed by atoms with Crippen LogP contribution < -0.4 is 21.7 Å². The van der Waals surface area contributed by atoms with Gasteiger partial charge in [0.25, 0.3) is 0 Å². The Bertz CT molecular complexity index is 486. The van der Waals surface area contributed by atoms with E-state index < -0.39 is 61.6 Å². The number of carbonyl (C=O) groups is 4. The maximum atomic E-state index is 12.4. The summed E-state index contributed by atoms with van der Waals surface area (Å²) >= 11 is 0. The lowest BCUT2D eigenvalue weighted by Gasteiger charge is -2.26. The molecule has 0 bridgehead atoms. The Morgan fingerprint density at radius 3 is 2.04 bits per heavy atom. The Hall–Kier alpha value is -2.24. The fourth-order valence-electron chi connectivity index (χ4n) is 1.79. The van der Waals surface area contributed by atoms with Crippen LogP contribution in [0.4, 0.5) is 0 Å². The van der Waals surface area contributed by atoms with Gasteiger partial charge in [0.2, 0.25) is 17.7 Å². The first-order valence-corrected chi connectivity index (χ1v) is 7.75. The van der Waals surface area contributed by atoms with Crippen molar-refractivity contribution >= 4 is 23.7 Å². The molecule has 0 rings (SSSR count). The van der Waals surface area contributed by atoms with Crippen molar-refractivity contribution in [1.82, 2.24) is 16.0 Å². The standard InChI is InChI=1S/C14H26N4O7/c1-3-7(2)11(18-12(23)8(15)5-19)14(25)17-9(6-20)13(24)16-4-10(21)22/h7-9,11,19-20H,3-6,15H2,1-2H3,(H,16,24)(H,17,25)(H,18,23)(H,21,22). The molecule has 0 aromatic heterocycles. The van der Waals surface area contributed by atoms with E-state index in [0.717, 1.165) is 0 Å². The van der Waals surface area contributed by atoms with E-state index in [1.54, 1.807) is 13.8 Å². The number of aliphatic carboxylic acids is 1. The Kier molecular flexibility index (Phi) is 10.3. The van der Waals surface area contributed by atoms with Crippen LogP contribution in [0.1, 0.15) is 20.3 Å². The van der Waals surface area contributed by atoms with Gasteiger partial charge in [-0.25, -0.2) is 0 Å². The fraction of sp³-hybridized carbons (Fsp3) is 0.714. The first-order valence-electron chi connectivity index (χ1n) is 7.75. The quantitative estimate of drug-likeness (QED) is 0.197. The van der Waals surface area contributed by atoms with Crippen molar-refractivity contribution in [1.29, 1.82) is 0 Å². The molecule has 0 saturated heterocycles. The topological polar surface area (TPSA) is 191 Å². The van der Waals surface area contributed by atoms with Crippen molar-refractivity contribution in [3.63, 3.8) is 0 Å². The molecule has 0 aliphatic carbocycles. The molecular weight excluding hydrogens is 336 g/mol. The van der Waals surface area contributed by atoms with Crippen LogP contribution in [0.25, 0.3) is 0 Å². The van der Waals surface area contributed by atoms with Crippen LogP contribution in [0.5, 0.6) is 0 Å². The molecule has 0 saturated carbocycles. The van der Waals surface area contributed by atoms with E-state index in [-0.39, 0.29) is 5.92 Å². The third-order valence-electron chi connectivity index (χ3n) is 3.56. The van der Waals surface area contributed by atoms with Gasteiger partial charge in [0, 0.05) is 0 Å². The predicted molar refractivity (Wildman–Crippen MR) is 86.1 cm³/mol. The maximum Gasteiger partial charge on any atom is 0.322 e. The van der Waals surface area contributed by atoms with E-state index in [1.165, 1.54) is 0 Å². The van der Waals surface area contributed by atoms with Crippen molar-refractivity contribution in [3.8, 4) is 0 Å². The average molecular weight is 362 g/mol. The third-order valence-corrected chi connectivity index (χ3v) is 3.56. The number of carbonyl (C=O) groups excluding carboxylic acids is 3. The second-order valence-electron chi connectivity index (χ2n) is 5.52. The monoisotopic (exact) mass is 362 g/mol. The first-order chi connectivity index (χ1) is 11.7. The molecule has 0 spiro atoms. The van der Waals surface area contributed by atoms with Crippen LogP contribution >= 0.6 is 0 Å². The van der Waals surface area contributed by atoms with E-state index in [4.69, 9.17) is 15.9 Å². The van der Waals surface area contributed by atoms with Crippen molar-refractivity contribution in [3.05, 3.63) is 0 Å². The minimum Gasteiger partial charge on any atom is -0.480 e. The van der Waals surface area contributed by atoms with Crippen molar-refractivity contribution in [2.24, 2.45) is 11.7 Å². The van der Waals surface area contributed by atoms with Crippen LogP contribution in [0.2, 0.25) is 0 Å². The van der Waals surface area contributed by atoms with Crippen molar-refractivity contribution < 1.29 is 34.5 Å². The first kappa shape index (κ1) is 22.8. The van der Waals surface area contributed by atoms with E-state index in [0.29, 0.717) is 6.42 Å². The summed E-state index contributed by atoms with van der Waals surface area (Å²) in [4.78, 5) is 46.4. The van der Waals surface area contributed by atoms with Crippen LogP contribution in [0, 0.1) is 5.92 Å². The normalized spacial score (nSPS) is 15.4. The zero-order valence-electron chi connectivity index (χ0n) is 14.2. The molecule has 4 unspecified atom stereocenters. The molecule has 25 heavy (non-hydrogen) atoms. The SMILES string of the molecule is CCC(C)C(NC(=O)C(N)CO)C(=O)NC(CO)C(=O)NCC(=O)O. The molecule has 11 heteroatoms. The zero-order chi connectivity index (χ0) is 19.6. The lowest BCUT2D eigenvalue weighted by atomic mass is 9.97. The molecule has 0 heterocycles. The Morgan fingerprint density at radius 1 is 1.00 bits per heavy atom. The van der Waals surface area contributed by atoms with Gasteiger partial charge in [-0.05, 0) is 5.92 Å². The highest BCUT2D eigenvalue weighted by molar-refractivity contribution is 5.93. The molecule has 144 valence electrons. The van der Waals surface area contributed by atoms with E-state index in [1.807, 2.05) is 5.32 Å². The largest absolute Gasteiger partial charge is 0.480 e.